The number of ether oxygens (including phenoxy) is 2. The molecule has 0 fully saturated rings. The maximum Gasteiger partial charge on any atom is 0.335 e. The fourth-order valence-corrected chi connectivity index (χ4v) is 0.997. The van der Waals surface area contributed by atoms with Crippen LogP contribution in [0, 0.1) is 0 Å². The number of methoxy groups -OCH3 is 2. The molecule has 0 aliphatic heterocycles. The van der Waals surface area contributed by atoms with E-state index in [2.05, 4.69) is 9.47 Å². The van der Waals surface area contributed by atoms with Crippen molar-refractivity contribution in [3.8, 4) is 0 Å². The van der Waals surface area contributed by atoms with E-state index < -0.39 is 28.3 Å². The highest BCUT2D eigenvalue weighted by Crippen LogP contribution is 1.99. The van der Waals surface area contributed by atoms with E-state index in [0.717, 1.165) is 14.2 Å². The molecule has 0 amide bonds. The van der Waals surface area contributed by atoms with Crippen molar-refractivity contribution < 1.29 is 27.8 Å². The Hall–Kier alpha value is -0.950. The van der Waals surface area contributed by atoms with Gasteiger partial charge in [0.25, 0.3) is 5.25 Å². The van der Waals surface area contributed by atoms with Gasteiger partial charge in [-0.1, -0.05) is 0 Å². The summed E-state index contributed by atoms with van der Waals surface area (Å²) in [7, 11) is 2.01. The standard InChI is InChI=1S/C5H8O6S/c1-10-4(6)3(12(8)9)5(7)11-2/h3H,1-2H3,(H,8,9). The van der Waals surface area contributed by atoms with Gasteiger partial charge in [0.05, 0.1) is 14.2 Å². The van der Waals surface area contributed by atoms with Crippen LogP contribution in [-0.2, 0) is 30.1 Å². The molecule has 70 valence electrons. The lowest BCUT2D eigenvalue weighted by Crippen LogP contribution is -2.36. The second-order valence-electron chi connectivity index (χ2n) is 1.70. The predicted molar refractivity (Wildman–Crippen MR) is 38.6 cm³/mol. The van der Waals surface area contributed by atoms with Crippen LogP contribution in [0.1, 0.15) is 0 Å². The van der Waals surface area contributed by atoms with Gasteiger partial charge in [-0.3, -0.25) is 9.59 Å². The highest BCUT2D eigenvalue weighted by atomic mass is 32.2. The first-order valence-corrected chi connectivity index (χ1v) is 3.97. The normalized spacial score (nSPS) is 12.3. The number of rotatable bonds is 3. The second kappa shape index (κ2) is 4.83. The summed E-state index contributed by atoms with van der Waals surface area (Å²) in [6.07, 6.45) is 0. The number of esters is 2. The van der Waals surface area contributed by atoms with Crippen LogP contribution in [0.4, 0.5) is 0 Å². The van der Waals surface area contributed by atoms with Crippen LogP contribution in [0.5, 0.6) is 0 Å². The summed E-state index contributed by atoms with van der Waals surface area (Å²) in [4.78, 5) is 21.4. The lowest BCUT2D eigenvalue weighted by Gasteiger charge is -2.06. The SMILES string of the molecule is COC(=O)C(C(=O)OC)S(=O)O. The molecule has 7 heteroatoms. The third-order valence-corrected chi connectivity index (χ3v) is 1.82. The van der Waals surface area contributed by atoms with E-state index in [4.69, 9.17) is 4.55 Å². The van der Waals surface area contributed by atoms with Crippen molar-refractivity contribution >= 4 is 23.0 Å². The summed E-state index contributed by atoms with van der Waals surface area (Å²) in [6, 6.07) is 0. The van der Waals surface area contributed by atoms with Crippen molar-refractivity contribution in [1.29, 1.82) is 0 Å². The van der Waals surface area contributed by atoms with Gasteiger partial charge >= 0.3 is 11.9 Å². The van der Waals surface area contributed by atoms with E-state index in [1.807, 2.05) is 0 Å². The molecule has 0 aliphatic carbocycles. The molecule has 1 atom stereocenters. The number of hydrogen-bond acceptors (Lipinski definition) is 5. The molecule has 6 nitrogen and oxygen atoms in total. The van der Waals surface area contributed by atoms with Crippen molar-refractivity contribution in [1.82, 2.24) is 0 Å². The average Bonchev–Trinajstić information content (AvgIpc) is 2.03. The van der Waals surface area contributed by atoms with Crippen LogP contribution in [0.15, 0.2) is 0 Å². The van der Waals surface area contributed by atoms with Gasteiger partial charge in [0.15, 0.2) is 11.1 Å². The molecule has 0 spiro atoms. The minimum absolute atomic E-state index is 1.01. The van der Waals surface area contributed by atoms with Crippen molar-refractivity contribution in [2.45, 2.75) is 5.25 Å². The zero-order chi connectivity index (χ0) is 9.72. The van der Waals surface area contributed by atoms with Gasteiger partial charge in [0, 0.05) is 0 Å². The Kier molecular flexibility index (Phi) is 4.45. The quantitative estimate of drug-likeness (QED) is 0.351. The molecule has 1 unspecified atom stereocenters. The van der Waals surface area contributed by atoms with Crippen molar-refractivity contribution in [3.63, 3.8) is 0 Å². The minimum atomic E-state index is -2.61. The summed E-state index contributed by atoms with van der Waals surface area (Å²) >= 11 is -2.61. The van der Waals surface area contributed by atoms with E-state index in [0.29, 0.717) is 0 Å². The van der Waals surface area contributed by atoms with Crippen LogP contribution in [-0.4, -0.2) is 40.2 Å². The molecular formula is C5H8O6S. The second-order valence-corrected chi connectivity index (χ2v) is 2.73. The summed E-state index contributed by atoms with van der Waals surface area (Å²) in [5.41, 5.74) is 0. The molecule has 12 heavy (non-hydrogen) atoms. The lowest BCUT2D eigenvalue weighted by molar-refractivity contribution is -0.150. The molecule has 0 aliphatic rings. The third-order valence-electron chi connectivity index (χ3n) is 1.03. The van der Waals surface area contributed by atoms with Crippen LogP contribution in [0.3, 0.4) is 0 Å². The first-order chi connectivity index (χ1) is 5.54. The number of carbonyl (C=O) groups is 2. The van der Waals surface area contributed by atoms with Gasteiger partial charge < -0.3 is 14.0 Å². The Morgan fingerprint density at radius 1 is 1.25 bits per heavy atom. The Labute approximate surface area is 71.1 Å². The van der Waals surface area contributed by atoms with E-state index in [1.54, 1.807) is 0 Å². The van der Waals surface area contributed by atoms with Gasteiger partial charge in [0.2, 0.25) is 0 Å². The highest BCUT2D eigenvalue weighted by Gasteiger charge is 2.34. The van der Waals surface area contributed by atoms with E-state index in [1.165, 1.54) is 0 Å². The molecule has 0 rings (SSSR count). The number of carbonyl (C=O) groups excluding carboxylic acids is 2. The minimum Gasteiger partial charge on any atom is -0.468 e. The van der Waals surface area contributed by atoms with E-state index in [-0.39, 0.29) is 0 Å². The first-order valence-electron chi connectivity index (χ1n) is 2.80. The molecule has 0 radical (unpaired) electrons. The molecule has 0 aromatic rings. The summed E-state index contributed by atoms with van der Waals surface area (Å²) < 4.78 is 27.1. The summed E-state index contributed by atoms with van der Waals surface area (Å²) in [5, 5.41) is -1.78. The van der Waals surface area contributed by atoms with Crippen molar-refractivity contribution in [2.24, 2.45) is 0 Å². The van der Waals surface area contributed by atoms with Gasteiger partial charge in [-0.2, -0.15) is 0 Å². The van der Waals surface area contributed by atoms with Crippen LogP contribution >= 0.6 is 0 Å². The van der Waals surface area contributed by atoms with Crippen molar-refractivity contribution in [3.05, 3.63) is 0 Å². The Morgan fingerprint density at radius 2 is 1.58 bits per heavy atom. The molecular weight excluding hydrogens is 188 g/mol. The van der Waals surface area contributed by atoms with Crippen molar-refractivity contribution in [2.75, 3.05) is 14.2 Å². The monoisotopic (exact) mass is 196 g/mol. The Bertz CT molecular complexity index is 196. The molecule has 0 saturated heterocycles. The Morgan fingerprint density at radius 3 is 1.75 bits per heavy atom. The van der Waals surface area contributed by atoms with Gasteiger partial charge in [-0.25, -0.2) is 4.21 Å². The first kappa shape index (κ1) is 11.1. The third kappa shape index (κ3) is 2.59. The fourth-order valence-electron chi connectivity index (χ4n) is 0.475. The smallest absolute Gasteiger partial charge is 0.335 e. The van der Waals surface area contributed by atoms with Crippen LogP contribution in [0.2, 0.25) is 0 Å². The zero-order valence-corrected chi connectivity index (χ0v) is 7.29. The predicted octanol–water partition coefficient (Wildman–Crippen LogP) is -1.08. The average molecular weight is 196 g/mol. The largest absolute Gasteiger partial charge is 0.468 e. The molecule has 0 aromatic heterocycles. The van der Waals surface area contributed by atoms with Gasteiger partial charge in [-0.15, -0.1) is 0 Å². The maximum atomic E-state index is 10.7. The lowest BCUT2D eigenvalue weighted by atomic mass is 10.4. The Balaban J connectivity index is 4.55. The fraction of sp³-hybridized carbons (Fsp3) is 0.600. The molecule has 0 bridgehead atoms. The number of hydrogen-bond donors (Lipinski definition) is 1. The summed E-state index contributed by atoms with van der Waals surface area (Å²) in [6.45, 7) is 0. The topological polar surface area (TPSA) is 89.9 Å². The molecule has 1 N–H and O–H groups in total. The molecule has 0 heterocycles. The molecule has 0 aromatic carbocycles. The highest BCUT2D eigenvalue weighted by molar-refractivity contribution is 7.81. The van der Waals surface area contributed by atoms with Crippen LogP contribution in [0.25, 0.3) is 0 Å². The maximum absolute atomic E-state index is 10.7. The molecule has 0 saturated carbocycles. The van der Waals surface area contributed by atoms with Crippen LogP contribution < -0.4 is 0 Å². The zero-order valence-electron chi connectivity index (χ0n) is 6.47. The van der Waals surface area contributed by atoms with E-state index >= 15 is 0 Å². The van der Waals surface area contributed by atoms with Gasteiger partial charge in [0.1, 0.15) is 0 Å². The van der Waals surface area contributed by atoms with Gasteiger partial charge in [-0.05, 0) is 0 Å². The van der Waals surface area contributed by atoms with E-state index in [9.17, 15) is 13.8 Å². The summed E-state index contributed by atoms with van der Waals surface area (Å²) in [5.74, 6) is -2.19.